The first kappa shape index (κ1) is 25.2. The van der Waals surface area contributed by atoms with Crippen LogP contribution in [0.1, 0.15) is 47.1 Å². The van der Waals surface area contributed by atoms with E-state index < -0.39 is 18.0 Å². The summed E-state index contributed by atoms with van der Waals surface area (Å²) < 4.78 is 13.2. The number of esters is 1. The Kier molecular flexibility index (Phi) is 6.69. The van der Waals surface area contributed by atoms with Gasteiger partial charge in [0.05, 0.1) is 34.0 Å². The van der Waals surface area contributed by atoms with Crippen molar-refractivity contribution in [2.75, 3.05) is 6.61 Å². The lowest BCUT2D eigenvalue weighted by Gasteiger charge is -2.24. The summed E-state index contributed by atoms with van der Waals surface area (Å²) in [6.07, 6.45) is 1.63. The van der Waals surface area contributed by atoms with Crippen molar-refractivity contribution in [2.45, 2.75) is 26.8 Å². The van der Waals surface area contributed by atoms with Crippen LogP contribution in [0.3, 0.4) is 0 Å². The molecule has 1 aliphatic heterocycles. The minimum Gasteiger partial charge on any atom is -0.478 e. The van der Waals surface area contributed by atoms with E-state index in [1.54, 1.807) is 57.2 Å². The third kappa shape index (κ3) is 4.41. The van der Waals surface area contributed by atoms with E-state index in [4.69, 9.17) is 9.15 Å². The minimum absolute atomic E-state index is 0.197. The summed E-state index contributed by atoms with van der Waals surface area (Å²) in [5.74, 6) is -0.593. The fourth-order valence-corrected chi connectivity index (χ4v) is 5.61. The van der Waals surface area contributed by atoms with E-state index in [1.807, 2.05) is 30.3 Å². The van der Waals surface area contributed by atoms with Gasteiger partial charge >= 0.3 is 11.9 Å². The first-order valence-corrected chi connectivity index (χ1v) is 12.8. The van der Waals surface area contributed by atoms with E-state index in [9.17, 15) is 19.5 Å². The maximum absolute atomic E-state index is 13.7. The zero-order valence-corrected chi connectivity index (χ0v) is 21.7. The molecule has 0 bridgehead atoms. The maximum atomic E-state index is 13.7. The number of carbonyl (C=O) groups excluding carboxylic acids is 1. The topological polar surface area (TPSA) is 111 Å². The van der Waals surface area contributed by atoms with Crippen LogP contribution in [0.4, 0.5) is 0 Å². The highest BCUT2D eigenvalue weighted by Gasteiger charge is 2.33. The molecule has 192 valence electrons. The number of ether oxygens (including phenoxy) is 1. The zero-order valence-electron chi connectivity index (χ0n) is 20.9. The van der Waals surface area contributed by atoms with Crippen molar-refractivity contribution in [3.63, 3.8) is 0 Å². The minimum atomic E-state index is -1.01. The van der Waals surface area contributed by atoms with Crippen molar-refractivity contribution >= 4 is 29.4 Å². The summed E-state index contributed by atoms with van der Waals surface area (Å²) >= 11 is 1.20. The van der Waals surface area contributed by atoms with Crippen LogP contribution < -0.4 is 14.9 Å². The van der Waals surface area contributed by atoms with Crippen LogP contribution in [0.15, 0.2) is 86.1 Å². The standard InChI is InChI=1S/C29H24N2O6S/c1-4-36-28(35)24-17(3)30-29-31(25(24)18-9-6-5-7-10-18)26(32)23(38-29)15-19-13-14-22(37-19)20-11-8-12-21(16(20)2)27(33)34/h5-15,25H,4H2,1-3H3,(H,33,34)/b23-15-/t25-/m0/s1. The molecule has 1 N–H and O–H groups in total. The number of nitrogens with zero attached hydrogens (tertiary/aromatic N) is 2. The highest BCUT2D eigenvalue weighted by Crippen LogP contribution is 2.31. The molecule has 0 unspecified atom stereocenters. The monoisotopic (exact) mass is 528 g/mol. The average Bonchev–Trinajstić information content (AvgIpc) is 3.48. The SMILES string of the molecule is CCOC(=O)C1=C(C)N=c2s/c(=C\c3ccc(-c4cccc(C(=O)O)c4C)o3)c(=O)n2[C@H]1c1ccccc1. The second-order valence-corrected chi connectivity index (χ2v) is 9.71. The Hall–Kier alpha value is -4.50. The van der Waals surface area contributed by atoms with Gasteiger partial charge in [-0.3, -0.25) is 9.36 Å². The van der Waals surface area contributed by atoms with Crippen LogP contribution in [0, 0.1) is 6.92 Å². The molecule has 0 radical (unpaired) electrons. The number of carbonyl (C=O) groups is 2. The van der Waals surface area contributed by atoms with Crippen LogP contribution in [-0.4, -0.2) is 28.2 Å². The third-order valence-electron chi connectivity index (χ3n) is 6.36. The molecule has 0 amide bonds. The van der Waals surface area contributed by atoms with Gasteiger partial charge in [0.15, 0.2) is 4.80 Å². The molecule has 38 heavy (non-hydrogen) atoms. The van der Waals surface area contributed by atoms with Crippen molar-refractivity contribution in [3.8, 4) is 11.3 Å². The van der Waals surface area contributed by atoms with Crippen molar-refractivity contribution < 1.29 is 23.8 Å². The molecule has 1 aliphatic rings. The Bertz CT molecular complexity index is 1780. The van der Waals surface area contributed by atoms with Gasteiger partial charge in [-0.1, -0.05) is 53.8 Å². The van der Waals surface area contributed by atoms with E-state index >= 15 is 0 Å². The molecule has 0 spiro atoms. The number of carboxylic acids is 1. The Morgan fingerprint density at radius 3 is 2.58 bits per heavy atom. The summed E-state index contributed by atoms with van der Waals surface area (Å²) in [6.45, 7) is 5.41. The predicted molar refractivity (Wildman–Crippen MR) is 143 cm³/mol. The molecule has 0 aliphatic carbocycles. The Balaban J connectivity index is 1.62. The highest BCUT2D eigenvalue weighted by atomic mass is 32.1. The van der Waals surface area contributed by atoms with E-state index in [1.165, 1.54) is 15.9 Å². The third-order valence-corrected chi connectivity index (χ3v) is 7.35. The van der Waals surface area contributed by atoms with Crippen molar-refractivity contribution in [2.24, 2.45) is 4.99 Å². The molecule has 1 atom stereocenters. The van der Waals surface area contributed by atoms with Gasteiger partial charge in [-0.2, -0.15) is 0 Å². The number of hydrogen-bond donors (Lipinski definition) is 1. The number of aromatic nitrogens is 1. The summed E-state index contributed by atoms with van der Waals surface area (Å²) in [5.41, 5.74) is 2.73. The van der Waals surface area contributed by atoms with Gasteiger partial charge in [0, 0.05) is 11.6 Å². The second kappa shape index (κ2) is 10.1. The smallest absolute Gasteiger partial charge is 0.338 e. The molecule has 9 heteroatoms. The number of allylic oxidation sites excluding steroid dienone is 1. The number of thiazole rings is 1. The number of carboxylic acid groups (broad SMARTS) is 1. The Labute approximate surface area is 221 Å². The van der Waals surface area contributed by atoms with E-state index in [0.717, 1.165) is 5.56 Å². The van der Waals surface area contributed by atoms with E-state index in [2.05, 4.69) is 4.99 Å². The van der Waals surface area contributed by atoms with Gasteiger partial charge in [0.25, 0.3) is 5.56 Å². The van der Waals surface area contributed by atoms with Gasteiger partial charge in [-0.05, 0) is 50.1 Å². The molecule has 2 aromatic heterocycles. The summed E-state index contributed by atoms with van der Waals surface area (Å²) in [5, 5.41) is 9.44. The molecule has 0 saturated heterocycles. The fraction of sp³-hybridized carbons (Fsp3) is 0.172. The molecular formula is C29H24N2O6S. The summed E-state index contributed by atoms with van der Waals surface area (Å²) in [6, 6.07) is 17.1. The lowest BCUT2D eigenvalue weighted by molar-refractivity contribution is -0.139. The quantitative estimate of drug-likeness (QED) is 0.378. The molecule has 0 fully saturated rings. The lowest BCUT2D eigenvalue weighted by Crippen LogP contribution is -2.39. The Morgan fingerprint density at radius 2 is 1.87 bits per heavy atom. The first-order chi connectivity index (χ1) is 18.3. The van der Waals surface area contributed by atoms with Crippen LogP contribution in [0.25, 0.3) is 17.4 Å². The first-order valence-electron chi connectivity index (χ1n) is 12.0. The Morgan fingerprint density at radius 1 is 1.11 bits per heavy atom. The van der Waals surface area contributed by atoms with Crippen LogP contribution in [-0.2, 0) is 9.53 Å². The number of fused-ring (bicyclic) bond motifs is 1. The number of hydrogen-bond acceptors (Lipinski definition) is 7. The lowest BCUT2D eigenvalue weighted by atomic mass is 9.96. The number of aromatic carboxylic acids is 1. The largest absolute Gasteiger partial charge is 0.478 e. The van der Waals surface area contributed by atoms with Gasteiger partial charge in [-0.25, -0.2) is 14.6 Å². The number of benzene rings is 2. The molecule has 5 rings (SSSR count). The molecule has 8 nitrogen and oxygen atoms in total. The fourth-order valence-electron chi connectivity index (χ4n) is 4.58. The summed E-state index contributed by atoms with van der Waals surface area (Å²) in [4.78, 5) is 43.2. The normalized spacial score (nSPS) is 15.2. The second-order valence-electron chi connectivity index (χ2n) is 8.70. The van der Waals surface area contributed by atoms with Crippen LogP contribution in [0.5, 0.6) is 0 Å². The molecule has 0 saturated carbocycles. The van der Waals surface area contributed by atoms with Gasteiger partial charge in [-0.15, -0.1) is 0 Å². The van der Waals surface area contributed by atoms with Crippen molar-refractivity contribution in [1.29, 1.82) is 0 Å². The van der Waals surface area contributed by atoms with Gasteiger partial charge < -0.3 is 14.3 Å². The van der Waals surface area contributed by atoms with E-state index in [-0.39, 0.29) is 17.7 Å². The van der Waals surface area contributed by atoms with Gasteiger partial charge in [0.2, 0.25) is 0 Å². The molecule has 2 aromatic carbocycles. The van der Waals surface area contributed by atoms with Gasteiger partial charge in [0.1, 0.15) is 11.5 Å². The average molecular weight is 529 g/mol. The van der Waals surface area contributed by atoms with Crippen molar-refractivity contribution in [1.82, 2.24) is 4.57 Å². The molecule has 3 heterocycles. The number of rotatable bonds is 6. The van der Waals surface area contributed by atoms with E-state index in [0.29, 0.717) is 43.3 Å². The molecular weight excluding hydrogens is 504 g/mol. The maximum Gasteiger partial charge on any atom is 0.338 e. The zero-order chi connectivity index (χ0) is 27.0. The highest BCUT2D eigenvalue weighted by molar-refractivity contribution is 7.07. The van der Waals surface area contributed by atoms with Crippen molar-refractivity contribution in [3.05, 3.63) is 114 Å². The number of furan rings is 1. The van der Waals surface area contributed by atoms with Crippen LogP contribution >= 0.6 is 11.3 Å². The molecule has 4 aromatic rings. The van der Waals surface area contributed by atoms with Crippen LogP contribution in [0.2, 0.25) is 0 Å². The summed E-state index contributed by atoms with van der Waals surface area (Å²) in [7, 11) is 0. The predicted octanol–water partition coefficient (Wildman–Crippen LogP) is 4.06.